The number of H-pyrrole nitrogens is 1. The Morgan fingerprint density at radius 2 is 1.73 bits per heavy atom. The molecule has 2 heterocycles. The molecule has 2 aromatic carbocycles. The molecule has 0 bridgehead atoms. The van der Waals surface area contributed by atoms with Crippen LogP contribution in [0.1, 0.15) is 18.1 Å². The number of hydrogen-bond acceptors (Lipinski definition) is 2. The van der Waals surface area contributed by atoms with Gasteiger partial charge in [0.25, 0.3) is 0 Å². The first-order valence-electron chi connectivity index (χ1n) is 8.89. The number of nitrogens with one attached hydrogen (secondary N) is 3. The number of fused-ring (bicyclic) bond motifs is 1. The van der Waals surface area contributed by atoms with Crippen molar-refractivity contribution in [3.8, 4) is 11.3 Å². The highest BCUT2D eigenvalue weighted by Crippen LogP contribution is 2.26. The first kappa shape index (κ1) is 16.3. The number of allylic oxidation sites excluding steroid dienone is 1. The van der Waals surface area contributed by atoms with Crippen molar-refractivity contribution in [2.45, 2.75) is 19.9 Å². The summed E-state index contributed by atoms with van der Waals surface area (Å²) in [5.74, 6) is 0. The van der Waals surface area contributed by atoms with Gasteiger partial charge < -0.3 is 15.6 Å². The molecule has 26 heavy (non-hydrogen) atoms. The minimum Gasteiger partial charge on any atom is -0.379 e. The van der Waals surface area contributed by atoms with Crippen molar-refractivity contribution in [2.24, 2.45) is 0 Å². The third-order valence-electron chi connectivity index (χ3n) is 4.64. The maximum atomic E-state index is 4.07. The molecule has 1 atom stereocenters. The van der Waals surface area contributed by atoms with Crippen LogP contribution in [0.25, 0.3) is 27.9 Å². The largest absolute Gasteiger partial charge is 0.379 e. The van der Waals surface area contributed by atoms with E-state index in [1.165, 1.54) is 22.0 Å². The third-order valence-corrected chi connectivity index (χ3v) is 4.64. The number of aromatic nitrogens is 1. The average Bonchev–Trinajstić information content (AvgIpc) is 3.02. The second kappa shape index (κ2) is 6.60. The average molecular weight is 341 g/mol. The summed E-state index contributed by atoms with van der Waals surface area (Å²) in [4.78, 5) is 3.52. The van der Waals surface area contributed by atoms with Crippen molar-refractivity contribution in [3.05, 3.63) is 90.3 Å². The molecule has 3 N–H and O–H groups in total. The molecule has 1 aliphatic heterocycles. The molecule has 0 aliphatic carbocycles. The Morgan fingerprint density at radius 3 is 2.54 bits per heavy atom. The summed E-state index contributed by atoms with van der Waals surface area (Å²) in [6, 6.07) is 17.5. The van der Waals surface area contributed by atoms with Gasteiger partial charge in [-0.3, -0.25) is 0 Å². The van der Waals surface area contributed by atoms with Gasteiger partial charge in [0.05, 0.1) is 0 Å². The maximum absolute atomic E-state index is 4.07. The van der Waals surface area contributed by atoms with Gasteiger partial charge in [-0.2, -0.15) is 0 Å². The van der Waals surface area contributed by atoms with E-state index in [9.17, 15) is 0 Å². The topological polar surface area (TPSA) is 39.9 Å². The molecule has 0 amide bonds. The molecule has 1 aliphatic rings. The molecule has 0 radical (unpaired) electrons. The van der Waals surface area contributed by atoms with Crippen LogP contribution < -0.4 is 10.6 Å². The molecule has 1 unspecified atom stereocenters. The Bertz CT molecular complexity index is 1020. The number of hydrogen-bond donors (Lipinski definition) is 3. The minimum atomic E-state index is 0.265. The first-order chi connectivity index (χ1) is 12.6. The van der Waals surface area contributed by atoms with Crippen LogP contribution >= 0.6 is 0 Å². The van der Waals surface area contributed by atoms with Crippen LogP contribution in [0, 0.1) is 6.92 Å². The van der Waals surface area contributed by atoms with E-state index in [0.717, 1.165) is 22.7 Å². The predicted octanol–water partition coefficient (Wildman–Crippen LogP) is 5.09. The van der Waals surface area contributed by atoms with Crippen LogP contribution in [-0.4, -0.2) is 11.0 Å². The molecule has 0 saturated heterocycles. The summed E-state index contributed by atoms with van der Waals surface area (Å²) in [7, 11) is 0. The van der Waals surface area contributed by atoms with Crippen molar-refractivity contribution in [1.29, 1.82) is 0 Å². The SMILES string of the molecule is C=C1/C=C(/c2ccc(-c3cc4ccc(C)cc4[nH]3)cc2)N/C=C/C(C)N1. The molecule has 0 spiro atoms. The molecular weight excluding hydrogens is 318 g/mol. The summed E-state index contributed by atoms with van der Waals surface area (Å²) >= 11 is 0. The van der Waals surface area contributed by atoms with E-state index in [2.05, 4.69) is 90.7 Å². The summed E-state index contributed by atoms with van der Waals surface area (Å²) in [6.45, 7) is 8.28. The van der Waals surface area contributed by atoms with Crippen molar-refractivity contribution >= 4 is 16.6 Å². The normalized spacial score (nSPS) is 20.5. The van der Waals surface area contributed by atoms with Crippen LogP contribution in [0.2, 0.25) is 0 Å². The van der Waals surface area contributed by atoms with Gasteiger partial charge in [-0.25, -0.2) is 0 Å². The molecule has 3 heteroatoms. The van der Waals surface area contributed by atoms with Gasteiger partial charge in [0.2, 0.25) is 0 Å². The summed E-state index contributed by atoms with van der Waals surface area (Å²) in [6.07, 6.45) is 6.10. The van der Waals surface area contributed by atoms with Crippen LogP contribution in [0.15, 0.2) is 79.2 Å². The predicted molar refractivity (Wildman–Crippen MR) is 110 cm³/mol. The molecule has 0 saturated carbocycles. The lowest BCUT2D eigenvalue weighted by atomic mass is 10.1. The first-order valence-corrected chi connectivity index (χ1v) is 8.89. The minimum absolute atomic E-state index is 0.265. The fourth-order valence-corrected chi connectivity index (χ4v) is 3.27. The lowest BCUT2D eigenvalue weighted by Gasteiger charge is -2.17. The molecule has 3 nitrogen and oxygen atoms in total. The Balaban J connectivity index is 1.63. The standard InChI is InChI=1S/C23H23N3/c1-15-4-5-20-14-23(26-22(20)12-15)19-8-6-18(7-9-19)21-13-17(3)25-16(2)10-11-24-21/h4-14,16,24-26H,3H2,1-2H3/b11-10+,21-13-. The van der Waals surface area contributed by atoms with Crippen LogP contribution in [0.3, 0.4) is 0 Å². The zero-order valence-corrected chi connectivity index (χ0v) is 15.1. The zero-order chi connectivity index (χ0) is 18.1. The van der Waals surface area contributed by atoms with E-state index >= 15 is 0 Å². The lowest BCUT2D eigenvalue weighted by molar-refractivity contribution is 0.738. The highest BCUT2D eigenvalue weighted by atomic mass is 14.9. The maximum Gasteiger partial charge on any atom is 0.0473 e. The second-order valence-electron chi connectivity index (χ2n) is 6.87. The summed E-state index contributed by atoms with van der Waals surface area (Å²) in [5.41, 5.74) is 7.81. The van der Waals surface area contributed by atoms with Gasteiger partial charge in [-0.05, 0) is 61.0 Å². The van der Waals surface area contributed by atoms with E-state index < -0.39 is 0 Å². The van der Waals surface area contributed by atoms with Crippen molar-refractivity contribution in [3.63, 3.8) is 0 Å². The second-order valence-corrected chi connectivity index (χ2v) is 6.87. The fraction of sp³-hybridized carbons (Fsp3) is 0.130. The number of benzene rings is 2. The number of aromatic amines is 1. The third kappa shape index (κ3) is 3.29. The van der Waals surface area contributed by atoms with Crippen LogP contribution in [0.5, 0.6) is 0 Å². The molecular formula is C23H23N3. The quantitative estimate of drug-likeness (QED) is 0.607. The van der Waals surface area contributed by atoms with Gasteiger partial charge in [0, 0.05) is 34.0 Å². The van der Waals surface area contributed by atoms with E-state index in [1.807, 2.05) is 12.3 Å². The molecule has 0 fully saturated rings. The molecule has 3 aromatic rings. The van der Waals surface area contributed by atoms with Crippen molar-refractivity contribution in [2.75, 3.05) is 0 Å². The van der Waals surface area contributed by atoms with E-state index in [1.54, 1.807) is 0 Å². The van der Waals surface area contributed by atoms with E-state index in [-0.39, 0.29) is 6.04 Å². The summed E-state index contributed by atoms with van der Waals surface area (Å²) < 4.78 is 0. The van der Waals surface area contributed by atoms with E-state index in [0.29, 0.717) is 0 Å². The Morgan fingerprint density at radius 1 is 0.962 bits per heavy atom. The molecule has 4 rings (SSSR count). The van der Waals surface area contributed by atoms with Gasteiger partial charge >= 0.3 is 0 Å². The van der Waals surface area contributed by atoms with E-state index in [4.69, 9.17) is 0 Å². The summed E-state index contributed by atoms with van der Waals surface area (Å²) in [5, 5.41) is 7.93. The van der Waals surface area contributed by atoms with Gasteiger partial charge in [-0.1, -0.05) is 43.0 Å². The fourth-order valence-electron chi connectivity index (χ4n) is 3.27. The highest BCUT2D eigenvalue weighted by Gasteiger charge is 2.08. The Labute approximate surface area is 154 Å². The number of rotatable bonds is 2. The Hall–Kier alpha value is -3.20. The number of aryl methyl sites for hydroxylation is 1. The monoisotopic (exact) mass is 341 g/mol. The van der Waals surface area contributed by atoms with Gasteiger partial charge in [-0.15, -0.1) is 0 Å². The van der Waals surface area contributed by atoms with Crippen LogP contribution in [0.4, 0.5) is 0 Å². The zero-order valence-electron chi connectivity index (χ0n) is 15.1. The Kier molecular flexibility index (Phi) is 4.13. The van der Waals surface area contributed by atoms with Crippen molar-refractivity contribution in [1.82, 2.24) is 15.6 Å². The van der Waals surface area contributed by atoms with Gasteiger partial charge in [0.1, 0.15) is 0 Å². The highest BCUT2D eigenvalue weighted by molar-refractivity contribution is 5.86. The molecule has 130 valence electrons. The van der Waals surface area contributed by atoms with Gasteiger partial charge in [0.15, 0.2) is 0 Å². The smallest absolute Gasteiger partial charge is 0.0473 e. The lowest BCUT2D eigenvalue weighted by Crippen LogP contribution is -2.24. The van der Waals surface area contributed by atoms with Crippen molar-refractivity contribution < 1.29 is 0 Å². The van der Waals surface area contributed by atoms with Crippen LogP contribution in [-0.2, 0) is 0 Å². The molecule has 1 aromatic heterocycles.